The SMILES string of the molecule is CCCNC(Cc1ccc(F)cc1)c1cn[nH]n1. The molecule has 1 aromatic carbocycles. The first-order valence-electron chi connectivity index (χ1n) is 6.13. The normalized spacial score (nSPS) is 12.6. The van der Waals surface area contributed by atoms with Crippen molar-refractivity contribution in [2.75, 3.05) is 6.54 Å². The van der Waals surface area contributed by atoms with Crippen LogP contribution in [0.15, 0.2) is 30.5 Å². The van der Waals surface area contributed by atoms with Crippen molar-refractivity contribution in [2.45, 2.75) is 25.8 Å². The summed E-state index contributed by atoms with van der Waals surface area (Å²) >= 11 is 0. The second kappa shape index (κ2) is 6.26. The van der Waals surface area contributed by atoms with E-state index in [0.717, 1.165) is 30.6 Å². The second-order valence-electron chi connectivity index (χ2n) is 4.23. The Kier molecular flexibility index (Phi) is 4.41. The maximum Gasteiger partial charge on any atom is 0.123 e. The van der Waals surface area contributed by atoms with Gasteiger partial charge in [0.25, 0.3) is 0 Å². The van der Waals surface area contributed by atoms with Crippen LogP contribution < -0.4 is 5.32 Å². The van der Waals surface area contributed by atoms with E-state index in [9.17, 15) is 4.39 Å². The number of rotatable bonds is 6. The summed E-state index contributed by atoms with van der Waals surface area (Å²) in [5, 5.41) is 14.0. The summed E-state index contributed by atoms with van der Waals surface area (Å²) in [5.74, 6) is -0.210. The van der Waals surface area contributed by atoms with Crippen molar-refractivity contribution in [1.29, 1.82) is 0 Å². The maximum absolute atomic E-state index is 12.9. The largest absolute Gasteiger partial charge is 0.308 e. The lowest BCUT2D eigenvalue weighted by molar-refractivity contribution is 0.516. The molecule has 1 aromatic heterocycles. The first-order valence-corrected chi connectivity index (χ1v) is 6.13. The van der Waals surface area contributed by atoms with Gasteiger partial charge in [-0.1, -0.05) is 19.1 Å². The van der Waals surface area contributed by atoms with Gasteiger partial charge < -0.3 is 5.32 Å². The Bertz CT molecular complexity index is 452. The Hall–Kier alpha value is -1.75. The molecule has 1 atom stereocenters. The smallest absolute Gasteiger partial charge is 0.123 e. The highest BCUT2D eigenvalue weighted by Gasteiger charge is 2.14. The third kappa shape index (κ3) is 3.37. The van der Waals surface area contributed by atoms with Crippen molar-refractivity contribution in [1.82, 2.24) is 20.7 Å². The fraction of sp³-hybridized carbons (Fsp3) is 0.385. The van der Waals surface area contributed by atoms with Gasteiger partial charge >= 0.3 is 0 Å². The van der Waals surface area contributed by atoms with Crippen LogP contribution in [0.25, 0.3) is 0 Å². The molecule has 18 heavy (non-hydrogen) atoms. The van der Waals surface area contributed by atoms with Crippen LogP contribution >= 0.6 is 0 Å². The van der Waals surface area contributed by atoms with Crippen LogP contribution in [0.2, 0.25) is 0 Å². The van der Waals surface area contributed by atoms with E-state index >= 15 is 0 Å². The number of H-pyrrole nitrogens is 1. The fourth-order valence-electron chi connectivity index (χ4n) is 1.83. The van der Waals surface area contributed by atoms with E-state index in [-0.39, 0.29) is 11.9 Å². The number of hydrogen-bond acceptors (Lipinski definition) is 3. The minimum absolute atomic E-state index is 0.106. The van der Waals surface area contributed by atoms with Gasteiger partial charge in [-0.2, -0.15) is 15.4 Å². The molecule has 0 spiro atoms. The van der Waals surface area contributed by atoms with E-state index in [1.165, 1.54) is 12.1 Å². The molecule has 5 heteroatoms. The molecule has 2 rings (SSSR count). The molecule has 2 N–H and O–H groups in total. The third-order valence-electron chi connectivity index (χ3n) is 2.78. The molecule has 1 unspecified atom stereocenters. The Morgan fingerprint density at radius 2 is 2.11 bits per heavy atom. The lowest BCUT2D eigenvalue weighted by atomic mass is 10.0. The predicted octanol–water partition coefficient (Wildman–Crippen LogP) is 2.23. The van der Waals surface area contributed by atoms with Gasteiger partial charge in [0.2, 0.25) is 0 Å². The summed E-state index contributed by atoms with van der Waals surface area (Å²) in [5.41, 5.74) is 1.96. The molecule has 0 fully saturated rings. The lowest BCUT2D eigenvalue weighted by Gasteiger charge is -2.15. The van der Waals surface area contributed by atoms with Crippen LogP contribution in [0.1, 0.15) is 30.6 Å². The monoisotopic (exact) mass is 248 g/mol. The predicted molar refractivity (Wildman–Crippen MR) is 67.5 cm³/mol. The van der Waals surface area contributed by atoms with E-state index in [1.54, 1.807) is 18.3 Å². The van der Waals surface area contributed by atoms with Crippen molar-refractivity contribution in [3.63, 3.8) is 0 Å². The van der Waals surface area contributed by atoms with Crippen molar-refractivity contribution < 1.29 is 4.39 Å². The molecule has 0 aliphatic carbocycles. The summed E-state index contributed by atoms with van der Waals surface area (Å²) in [6, 6.07) is 6.67. The van der Waals surface area contributed by atoms with Crippen molar-refractivity contribution in [3.8, 4) is 0 Å². The molecule has 1 heterocycles. The number of hydrogen-bond donors (Lipinski definition) is 2. The number of nitrogens with one attached hydrogen (secondary N) is 2. The minimum Gasteiger partial charge on any atom is -0.308 e. The minimum atomic E-state index is -0.210. The summed E-state index contributed by atoms with van der Waals surface area (Å²) in [4.78, 5) is 0. The third-order valence-corrected chi connectivity index (χ3v) is 2.78. The van der Waals surface area contributed by atoms with E-state index in [2.05, 4.69) is 27.7 Å². The van der Waals surface area contributed by atoms with Gasteiger partial charge in [-0.05, 0) is 37.1 Å². The molecule has 0 amide bonds. The number of nitrogens with zero attached hydrogens (tertiary/aromatic N) is 2. The van der Waals surface area contributed by atoms with Crippen LogP contribution in [0.3, 0.4) is 0 Å². The molecule has 0 radical (unpaired) electrons. The van der Waals surface area contributed by atoms with E-state index in [1.807, 2.05) is 0 Å². The van der Waals surface area contributed by atoms with Crippen LogP contribution in [0.5, 0.6) is 0 Å². The Balaban J connectivity index is 2.07. The molecule has 96 valence electrons. The standard InChI is InChI=1S/C13H17FN4/c1-2-7-15-12(13-9-16-18-17-13)8-10-3-5-11(14)6-4-10/h3-6,9,12,15H,2,7-8H2,1H3,(H,16,17,18). The van der Waals surface area contributed by atoms with Gasteiger partial charge in [-0.25, -0.2) is 4.39 Å². The average Bonchev–Trinajstić information content (AvgIpc) is 2.90. The van der Waals surface area contributed by atoms with Crippen molar-refractivity contribution >= 4 is 0 Å². The van der Waals surface area contributed by atoms with E-state index in [4.69, 9.17) is 0 Å². The zero-order chi connectivity index (χ0) is 12.8. The average molecular weight is 248 g/mol. The fourth-order valence-corrected chi connectivity index (χ4v) is 1.83. The van der Waals surface area contributed by atoms with E-state index < -0.39 is 0 Å². The van der Waals surface area contributed by atoms with Gasteiger partial charge in [0.05, 0.1) is 17.9 Å². The highest BCUT2D eigenvalue weighted by molar-refractivity contribution is 5.19. The number of halogens is 1. The van der Waals surface area contributed by atoms with Crippen LogP contribution in [0.4, 0.5) is 4.39 Å². The van der Waals surface area contributed by atoms with Gasteiger partial charge in [-0.15, -0.1) is 0 Å². The van der Waals surface area contributed by atoms with Crippen LogP contribution in [-0.2, 0) is 6.42 Å². The van der Waals surface area contributed by atoms with E-state index in [0.29, 0.717) is 0 Å². The van der Waals surface area contributed by atoms with Crippen LogP contribution in [0, 0.1) is 5.82 Å². The molecule has 0 aliphatic rings. The number of aromatic amines is 1. The lowest BCUT2D eigenvalue weighted by Crippen LogP contribution is -2.24. The molecule has 0 aliphatic heterocycles. The highest BCUT2D eigenvalue weighted by Crippen LogP contribution is 2.16. The zero-order valence-electron chi connectivity index (χ0n) is 10.4. The Labute approximate surface area is 106 Å². The molecule has 2 aromatic rings. The van der Waals surface area contributed by atoms with Gasteiger partial charge in [0.15, 0.2) is 0 Å². The maximum atomic E-state index is 12.9. The molecule has 0 saturated carbocycles. The summed E-state index contributed by atoms with van der Waals surface area (Å²) in [6.45, 7) is 3.03. The van der Waals surface area contributed by atoms with Gasteiger partial charge in [-0.3, -0.25) is 0 Å². The second-order valence-corrected chi connectivity index (χ2v) is 4.23. The first kappa shape index (κ1) is 12.7. The molecule has 0 bridgehead atoms. The number of benzene rings is 1. The quantitative estimate of drug-likeness (QED) is 0.824. The van der Waals surface area contributed by atoms with Crippen molar-refractivity contribution in [3.05, 3.63) is 47.5 Å². The Morgan fingerprint density at radius 1 is 1.33 bits per heavy atom. The summed E-state index contributed by atoms with van der Waals surface area (Å²) in [7, 11) is 0. The summed E-state index contributed by atoms with van der Waals surface area (Å²) < 4.78 is 12.9. The van der Waals surface area contributed by atoms with Crippen molar-refractivity contribution in [2.24, 2.45) is 0 Å². The van der Waals surface area contributed by atoms with Gasteiger partial charge in [0, 0.05) is 0 Å². The van der Waals surface area contributed by atoms with Crippen LogP contribution in [-0.4, -0.2) is 22.0 Å². The summed E-state index contributed by atoms with van der Waals surface area (Å²) in [6.07, 6.45) is 3.54. The number of aromatic nitrogens is 3. The zero-order valence-corrected chi connectivity index (χ0v) is 10.4. The first-order chi connectivity index (χ1) is 8.79. The Morgan fingerprint density at radius 3 is 2.72 bits per heavy atom. The molecule has 0 saturated heterocycles. The molecular formula is C13H17FN4. The molecular weight excluding hydrogens is 231 g/mol. The topological polar surface area (TPSA) is 53.6 Å². The molecule has 4 nitrogen and oxygen atoms in total. The highest BCUT2D eigenvalue weighted by atomic mass is 19.1. The van der Waals surface area contributed by atoms with Gasteiger partial charge in [0.1, 0.15) is 5.82 Å².